The third-order valence-corrected chi connectivity index (χ3v) is 2.89. The Morgan fingerprint density at radius 2 is 2.09 bits per heavy atom. The molecule has 2 N–H and O–H groups in total. The minimum atomic E-state index is -0.498. The third kappa shape index (κ3) is 4.94. The fraction of sp³-hybridized carbons (Fsp3) is 0.312. The van der Waals surface area contributed by atoms with Crippen LogP contribution >= 0.6 is 0 Å². The number of nitriles is 1. The monoisotopic (exact) mass is 301 g/mol. The highest BCUT2D eigenvalue weighted by Crippen LogP contribution is 2.16. The van der Waals surface area contributed by atoms with Crippen LogP contribution in [0.1, 0.15) is 30.1 Å². The lowest BCUT2D eigenvalue weighted by Crippen LogP contribution is -2.26. The predicted octanol–water partition coefficient (Wildman–Crippen LogP) is 2.21. The molecule has 0 radical (unpaired) electrons. The van der Waals surface area contributed by atoms with E-state index in [0.717, 1.165) is 12.8 Å². The summed E-state index contributed by atoms with van der Waals surface area (Å²) in [6.45, 7) is 2.53. The van der Waals surface area contributed by atoms with Crippen LogP contribution in [0, 0.1) is 11.3 Å². The zero-order chi connectivity index (χ0) is 16.4. The summed E-state index contributed by atoms with van der Waals surface area (Å²) in [6, 6.07) is 8.51. The fourth-order valence-electron chi connectivity index (χ4n) is 1.67. The summed E-state index contributed by atoms with van der Waals surface area (Å²) in [5.74, 6) is -0.943. The van der Waals surface area contributed by atoms with E-state index in [-0.39, 0.29) is 5.57 Å². The first-order chi connectivity index (χ1) is 10.6. The van der Waals surface area contributed by atoms with E-state index < -0.39 is 11.9 Å². The molecule has 1 aromatic rings. The molecule has 0 bridgehead atoms. The van der Waals surface area contributed by atoms with Crippen molar-refractivity contribution in [1.82, 2.24) is 5.32 Å². The average molecular weight is 301 g/mol. The SMILES string of the molecule is CCCCNC(=O)C(C#N)=CNc1ccccc1C(=O)OC. The van der Waals surface area contributed by atoms with Crippen molar-refractivity contribution in [3.8, 4) is 6.07 Å². The number of esters is 1. The van der Waals surface area contributed by atoms with E-state index in [9.17, 15) is 9.59 Å². The number of hydrogen-bond donors (Lipinski definition) is 2. The molecule has 0 aliphatic carbocycles. The molecular weight excluding hydrogens is 282 g/mol. The maximum absolute atomic E-state index is 11.8. The van der Waals surface area contributed by atoms with Gasteiger partial charge < -0.3 is 15.4 Å². The Labute approximate surface area is 129 Å². The number of anilines is 1. The van der Waals surface area contributed by atoms with E-state index in [1.165, 1.54) is 13.3 Å². The van der Waals surface area contributed by atoms with Gasteiger partial charge in [0.1, 0.15) is 11.6 Å². The minimum absolute atomic E-state index is 0.0595. The van der Waals surface area contributed by atoms with Crippen LogP contribution in [0.3, 0.4) is 0 Å². The van der Waals surface area contributed by atoms with Gasteiger partial charge in [0.15, 0.2) is 0 Å². The number of amides is 1. The summed E-state index contributed by atoms with van der Waals surface area (Å²) in [5.41, 5.74) is 0.726. The van der Waals surface area contributed by atoms with Gasteiger partial charge in [-0.3, -0.25) is 4.79 Å². The van der Waals surface area contributed by atoms with Gasteiger partial charge in [0.25, 0.3) is 5.91 Å². The first kappa shape index (κ1) is 17.2. The van der Waals surface area contributed by atoms with Crippen LogP contribution in [0.4, 0.5) is 5.69 Å². The van der Waals surface area contributed by atoms with E-state index in [0.29, 0.717) is 17.8 Å². The second-order valence-corrected chi connectivity index (χ2v) is 4.46. The second-order valence-electron chi connectivity index (χ2n) is 4.46. The lowest BCUT2D eigenvalue weighted by molar-refractivity contribution is -0.117. The van der Waals surface area contributed by atoms with Crippen molar-refractivity contribution >= 4 is 17.6 Å². The summed E-state index contributed by atoms with van der Waals surface area (Å²) in [6.07, 6.45) is 3.09. The summed E-state index contributed by atoms with van der Waals surface area (Å²) < 4.78 is 4.68. The molecule has 0 unspecified atom stereocenters. The molecule has 0 saturated carbocycles. The summed E-state index contributed by atoms with van der Waals surface area (Å²) in [5, 5.41) is 14.5. The van der Waals surface area contributed by atoms with Gasteiger partial charge in [-0.05, 0) is 18.6 Å². The highest BCUT2D eigenvalue weighted by atomic mass is 16.5. The first-order valence-corrected chi connectivity index (χ1v) is 6.96. The molecule has 1 rings (SSSR count). The number of carbonyl (C=O) groups excluding carboxylic acids is 2. The van der Waals surface area contributed by atoms with E-state index in [1.54, 1.807) is 24.3 Å². The lowest BCUT2D eigenvalue weighted by atomic mass is 10.2. The minimum Gasteiger partial charge on any atom is -0.465 e. The Bertz CT molecular complexity index is 603. The number of nitrogens with zero attached hydrogens (tertiary/aromatic N) is 1. The normalized spacial score (nSPS) is 10.5. The maximum Gasteiger partial charge on any atom is 0.339 e. The highest BCUT2D eigenvalue weighted by molar-refractivity contribution is 5.98. The smallest absolute Gasteiger partial charge is 0.339 e. The molecule has 0 spiro atoms. The first-order valence-electron chi connectivity index (χ1n) is 6.96. The predicted molar refractivity (Wildman–Crippen MR) is 83.0 cm³/mol. The van der Waals surface area contributed by atoms with Crippen molar-refractivity contribution < 1.29 is 14.3 Å². The third-order valence-electron chi connectivity index (χ3n) is 2.89. The fourth-order valence-corrected chi connectivity index (χ4v) is 1.67. The lowest BCUT2D eigenvalue weighted by Gasteiger charge is -2.08. The Balaban J connectivity index is 2.83. The Hall–Kier alpha value is -2.81. The number of ether oxygens (including phenoxy) is 1. The summed E-state index contributed by atoms with van der Waals surface area (Å²) >= 11 is 0. The molecular formula is C16H19N3O3. The van der Waals surface area contributed by atoms with Crippen molar-refractivity contribution in [3.63, 3.8) is 0 Å². The van der Waals surface area contributed by atoms with Crippen LogP contribution in [-0.2, 0) is 9.53 Å². The molecule has 116 valence electrons. The second kappa shape index (κ2) is 9.19. The van der Waals surface area contributed by atoms with E-state index >= 15 is 0 Å². The molecule has 22 heavy (non-hydrogen) atoms. The zero-order valence-electron chi connectivity index (χ0n) is 12.7. The van der Waals surface area contributed by atoms with Gasteiger partial charge in [-0.15, -0.1) is 0 Å². The molecule has 0 atom stereocenters. The number of benzene rings is 1. The Morgan fingerprint density at radius 1 is 1.36 bits per heavy atom. The summed E-state index contributed by atoms with van der Waals surface area (Å²) in [4.78, 5) is 23.4. The van der Waals surface area contributed by atoms with Crippen LogP contribution < -0.4 is 10.6 Å². The summed E-state index contributed by atoms with van der Waals surface area (Å²) in [7, 11) is 1.29. The number of unbranched alkanes of at least 4 members (excludes halogenated alkanes) is 1. The topological polar surface area (TPSA) is 91.2 Å². The van der Waals surface area contributed by atoms with Gasteiger partial charge in [0.05, 0.1) is 18.4 Å². The van der Waals surface area contributed by atoms with Gasteiger partial charge in [-0.1, -0.05) is 25.5 Å². The van der Waals surface area contributed by atoms with Crippen LogP contribution in [0.5, 0.6) is 0 Å². The molecule has 0 aromatic heterocycles. The molecule has 1 amide bonds. The van der Waals surface area contributed by atoms with Gasteiger partial charge in [-0.2, -0.15) is 5.26 Å². The van der Waals surface area contributed by atoms with Crippen molar-refractivity contribution in [2.24, 2.45) is 0 Å². The van der Waals surface area contributed by atoms with Gasteiger partial charge in [-0.25, -0.2) is 4.79 Å². The van der Waals surface area contributed by atoms with Crippen LogP contribution in [-0.4, -0.2) is 25.5 Å². The standard InChI is InChI=1S/C16H19N3O3/c1-3-4-9-18-15(20)12(10-17)11-19-14-8-6-5-7-13(14)16(21)22-2/h5-8,11,19H,3-4,9H2,1-2H3,(H,18,20). The van der Waals surface area contributed by atoms with Crippen molar-refractivity contribution in [3.05, 3.63) is 41.6 Å². The molecule has 6 nitrogen and oxygen atoms in total. The highest BCUT2D eigenvalue weighted by Gasteiger charge is 2.12. The number of carbonyl (C=O) groups is 2. The quantitative estimate of drug-likeness (QED) is 0.349. The number of para-hydroxylation sites is 1. The molecule has 0 aliphatic heterocycles. The number of rotatable bonds is 7. The molecule has 0 saturated heterocycles. The molecule has 0 heterocycles. The van der Waals surface area contributed by atoms with Gasteiger partial charge in [0.2, 0.25) is 0 Å². The molecule has 1 aromatic carbocycles. The number of nitrogens with one attached hydrogen (secondary N) is 2. The molecule has 6 heteroatoms. The maximum atomic E-state index is 11.8. The zero-order valence-corrected chi connectivity index (χ0v) is 12.7. The average Bonchev–Trinajstić information content (AvgIpc) is 2.55. The molecule has 0 aliphatic rings. The van der Waals surface area contributed by atoms with Crippen molar-refractivity contribution in [1.29, 1.82) is 5.26 Å². The van der Waals surface area contributed by atoms with E-state index in [1.807, 2.05) is 13.0 Å². The van der Waals surface area contributed by atoms with Gasteiger partial charge >= 0.3 is 5.97 Å². The van der Waals surface area contributed by atoms with Crippen LogP contribution in [0.15, 0.2) is 36.0 Å². The van der Waals surface area contributed by atoms with Crippen molar-refractivity contribution in [2.45, 2.75) is 19.8 Å². The van der Waals surface area contributed by atoms with E-state index in [4.69, 9.17) is 5.26 Å². The van der Waals surface area contributed by atoms with Gasteiger partial charge in [0, 0.05) is 12.7 Å². The largest absolute Gasteiger partial charge is 0.465 e. The molecule has 0 fully saturated rings. The van der Waals surface area contributed by atoms with Crippen LogP contribution in [0.25, 0.3) is 0 Å². The van der Waals surface area contributed by atoms with E-state index in [2.05, 4.69) is 15.4 Å². The Kier molecular flexibility index (Phi) is 7.20. The van der Waals surface area contributed by atoms with Crippen molar-refractivity contribution in [2.75, 3.05) is 19.0 Å². The number of methoxy groups -OCH3 is 1. The van der Waals surface area contributed by atoms with Crippen LogP contribution in [0.2, 0.25) is 0 Å². The Morgan fingerprint density at radius 3 is 2.73 bits per heavy atom. The number of hydrogen-bond acceptors (Lipinski definition) is 5.